The summed E-state index contributed by atoms with van der Waals surface area (Å²) in [5.74, 6) is 0. The number of hydrogen-bond acceptors (Lipinski definition) is 1. The van der Waals surface area contributed by atoms with E-state index in [2.05, 4.69) is 18.7 Å². The van der Waals surface area contributed by atoms with E-state index in [9.17, 15) is 0 Å². The summed E-state index contributed by atoms with van der Waals surface area (Å²) in [4.78, 5) is 0. The largest absolute Gasteiger partial charge is 0.385 e. The van der Waals surface area contributed by atoms with Crippen LogP contribution < -0.4 is 0 Å². The Hall–Kier alpha value is -1.34. The molecular formula is C12H14O. The Morgan fingerprint density at radius 3 is 2.62 bits per heavy atom. The van der Waals surface area contributed by atoms with Crippen LogP contribution in [-0.2, 0) is 6.42 Å². The molecule has 0 heterocycles. The van der Waals surface area contributed by atoms with Crippen molar-refractivity contribution < 1.29 is 5.11 Å². The minimum absolute atomic E-state index is 0.524. The van der Waals surface area contributed by atoms with Gasteiger partial charge in [-0.25, -0.2) is 0 Å². The van der Waals surface area contributed by atoms with E-state index in [4.69, 9.17) is 5.11 Å². The first kappa shape index (κ1) is 9.75. The Morgan fingerprint density at radius 2 is 2.00 bits per heavy atom. The summed E-state index contributed by atoms with van der Waals surface area (Å²) >= 11 is 0. The van der Waals surface area contributed by atoms with Crippen molar-refractivity contribution in [2.24, 2.45) is 0 Å². The number of benzene rings is 1. The summed E-state index contributed by atoms with van der Waals surface area (Å²) in [7, 11) is 0. The smallest absolute Gasteiger partial charge is 0.0900 e. The fourth-order valence-corrected chi connectivity index (χ4v) is 1.04. The zero-order valence-corrected chi connectivity index (χ0v) is 7.56. The highest BCUT2D eigenvalue weighted by molar-refractivity contribution is 5.18. The molecule has 0 saturated carbocycles. The third-order valence-corrected chi connectivity index (χ3v) is 1.77. The molecule has 1 aromatic rings. The van der Waals surface area contributed by atoms with Gasteiger partial charge in [-0.3, -0.25) is 0 Å². The van der Waals surface area contributed by atoms with Gasteiger partial charge >= 0.3 is 0 Å². The van der Waals surface area contributed by atoms with Crippen LogP contribution in [0.3, 0.4) is 0 Å². The lowest BCUT2D eigenvalue weighted by Crippen LogP contribution is -1.94. The predicted octanol–water partition coefficient (Wildman–Crippen LogP) is 2.33. The Labute approximate surface area is 79.0 Å². The molecular weight excluding hydrogens is 160 g/mol. The van der Waals surface area contributed by atoms with E-state index in [0.717, 1.165) is 6.42 Å². The molecule has 0 amide bonds. The average Bonchev–Trinajstić information content (AvgIpc) is 2.19. The van der Waals surface area contributed by atoms with Gasteiger partial charge < -0.3 is 5.11 Å². The first-order valence-corrected chi connectivity index (χ1v) is 4.34. The van der Waals surface area contributed by atoms with Crippen molar-refractivity contribution in [3.63, 3.8) is 0 Å². The van der Waals surface area contributed by atoms with Crippen LogP contribution >= 0.6 is 0 Å². The van der Waals surface area contributed by atoms with Crippen LogP contribution in [0.2, 0.25) is 0 Å². The summed E-state index contributed by atoms with van der Waals surface area (Å²) < 4.78 is 0. The quantitative estimate of drug-likeness (QED) is 0.694. The minimum Gasteiger partial charge on any atom is -0.385 e. The van der Waals surface area contributed by atoms with Gasteiger partial charge in [-0.05, 0) is 12.0 Å². The van der Waals surface area contributed by atoms with E-state index in [1.54, 1.807) is 6.08 Å². The fraction of sp³-hybridized carbons (Fsp3) is 0.167. The van der Waals surface area contributed by atoms with Crippen molar-refractivity contribution in [1.82, 2.24) is 0 Å². The van der Waals surface area contributed by atoms with Crippen LogP contribution in [0.15, 0.2) is 55.1 Å². The van der Waals surface area contributed by atoms with E-state index >= 15 is 0 Å². The molecule has 0 fully saturated rings. The van der Waals surface area contributed by atoms with Gasteiger partial charge in [0.15, 0.2) is 0 Å². The Bertz CT molecular complexity index is 274. The number of allylic oxidation sites excluding steroid dienone is 1. The van der Waals surface area contributed by atoms with Gasteiger partial charge in [0.1, 0.15) is 0 Å². The molecule has 0 radical (unpaired) electrons. The van der Waals surface area contributed by atoms with Gasteiger partial charge in [0.25, 0.3) is 0 Å². The highest BCUT2D eigenvalue weighted by Crippen LogP contribution is 2.00. The molecule has 1 rings (SSSR count). The lowest BCUT2D eigenvalue weighted by atomic mass is 10.1. The van der Waals surface area contributed by atoms with E-state index in [1.165, 1.54) is 11.6 Å². The standard InChI is InChI=1S/C12H14O/c1-2-12(13)10-6-9-11-7-4-3-5-8-11/h2-8,10,12-13H,1,9H2/b10-6+. The summed E-state index contributed by atoms with van der Waals surface area (Å²) in [5, 5.41) is 9.13. The van der Waals surface area contributed by atoms with Gasteiger partial charge in [-0.1, -0.05) is 48.6 Å². The van der Waals surface area contributed by atoms with Crippen molar-refractivity contribution in [2.45, 2.75) is 12.5 Å². The zero-order chi connectivity index (χ0) is 9.52. The molecule has 1 unspecified atom stereocenters. The monoisotopic (exact) mass is 174 g/mol. The fourth-order valence-electron chi connectivity index (χ4n) is 1.04. The summed E-state index contributed by atoms with van der Waals surface area (Å²) in [6.45, 7) is 3.49. The maximum atomic E-state index is 9.13. The first-order chi connectivity index (χ1) is 6.33. The second-order valence-electron chi connectivity index (χ2n) is 2.84. The van der Waals surface area contributed by atoms with Crippen LogP contribution in [0, 0.1) is 0 Å². The van der Waals surface area contributed by atoms with Crippen LogP contribution in [0.4, 0.5) is 0 Å². The number of aliphatic hydroxyl groups excluding tert-OH is 1. The average molecular weight is 174 g/mol. The molecule has 0 saturated heterocycles. The molecule has 1 N–H and O–H groups in total. The third-order valence-electron chi connectivity index (χ3n) is 1.77. The SMILES string of the molecule is C=CC(O)/C=C/Cc1ccccc1. The van der Waals surface area contributed by atoms with Gasteiger partial charge in [0.2, 0.25) is 0 Å². The van der Waals surface area contributed by atoms with Crippen LogP contribution in [0.5, 0.6) is 0 Å². The second-order valence-corrected chi connectivity index (χ2v) is 2.84. The molecule has 0 spiro atoms. The molecule has 0 aliphatic heterocycles. The van der Waals surface area contributed by atoms with Crippen molar-refractivity contribution >= 4 is 0 Å². The Kier molecular flexibility index (Phi) is 4.00. The van der Waals surface area contributed by atoms with Crippen molar-refractivity contribution in [3.05, 3.63) is 60.7 Å². The van der Waals surface area contributed by atoms with E-state index in [0.29, 0.717) is 0 Å². The summed E-state index contributed by atoms with van der Waals surface area (Å²) in [5.41, 5.74) is 1.25. The van der Waals surface area contributed by atoms with E-state index in [-0.39, 0.29) is 0 Å². The van der Waals surface area contributed by atoms with E-state index < -0.39 is 6.10 Å². The molecule has 0 bridgehead atoms. The molecule has 1 aromatic carbocycles. The Balaban J connectivity index is 2.43. The molecule has 1 nitrogen and oxygen atoms in total. The van der Waals surface area contributed by atoms with Gasteiger partial charge in [0.05, 0.1) is 6.10 Å². The maximum absolute atomic E-state index is 9.13. The number of hydrogen-bond donors (Lipinski definition) is 1. The lowest BCUT2D eigenvalue weighted by Gasteiger charge is -1.96. The molecule has 0 aromatic heterocycles. The van der Waals surface area contributed by atoms with Crippen molar-refractivity contribution in [2.75, 3.05) is 0 Å². The maximum Gasteiger partial charge on any atom is 0.0900 e. The molecule has 13 heavy (non-hydrogen) atoms. The molecule has 68 valence electrons. The van der Waals surface area contributed by atoms with Gasteiger partial charge in [-0.15, -0.1) is 6.58 Å². The van der Waals surface area contributed by atoms with Crippen LogP contribution in [0.25, 0.3) is 0 Å². The third kappa shape index (κ3) is 3.72. The highest BCUT2D eigenvalue weighted by Gasteiger charge is 1.89. The number of rotatable bonds is 4. The summed E-state index contributed by atoms with van der Waals surface area (Å²) in [6.07, 6.45) is 5.51. The lowest BCUT2D eigenvalue weighted by molar-refractivity contribution is 0.272. The van der Waals surface area contributed by atoms with Gasteiger partial charge in [-0.2, -0.15) is 0 Å². The van der Waals surface area contributed by atoms with Gasteiger partial charge in [0, 0.05) is 0 Å². The summed E-state index contributed by atoms with van der Waals surface area (Å²) in [6, 6.07) is 10.1. The van der Waals surface area contributed by atoms with Crippen molar-refractivity contribution in [3.8, 4) is 0 Å². The molecule has 1 atom stereocenters. The minimum atomic E-state index is -0.524. The molecule has 0 aliphatic rings. The predicted molar refractivity (Wildman–Crippen MR) is 55.5 cm³/mol. The molecule has 1 heteroatoms. The second kappa shape index (κ2) is 5.33. The normalized spacial score (nSPS) is 13.0. The van der Waals surface area contributed by atoms with E-state index in [1.807, 2.05) is 24.3 Å². The first-order valence-electron chi connectivity index (χ1n) is 4.34. The topological polar surface area (TPSA) is 20.2 Å². The van der Waals surface area contributed by atoms with Crippen molar-refractivity contribution in [1.29, 1.82) is 0 Å². The highest BCUT2D eigenvalue weighted by atomic mass is 16.3. The zero-order valence-electron chi connectivity index (χ0n) is 7.56. The van der Waals surface area contributed by atoms with Crippen LogP contribution in [0.1, 0.15) is 5.56 Å². The Morgan fingerprint density at radius 1 is 1.31 bits per heavy atom. The van der Waals surface area contributed by atoms with Crippen LogP contribution in [-0.4, -0.2) is 11.2 Å². The number of aliphatic hydroxyl groups is 1. The molecule has 0 aliphatic carbocycles.